The molecule has 2 aromatic carbocycles. The first-order valence-corrected chi connectivity index (χ1v) is 9.26. The summed E-state index contributed by atoms with van der Waals surface area (Å²) in [5, 5.41) is 0. The van der Waals surface area contributed by atoms with Crippen molar-refractivity contribution in [2.75, 3.05) is 38.1 Å². The standard InChI is InChI=1S/C23H25N3.ClH/c1-18-6-8-19(9-7-18)20-4-3-5-21(16-20)23-17-22(10-11-24-23)26-14-12-25(2)13-15-26;/h3-11,16-17H,12-15H2,1-2H3;1H. The number of piperazine rings is 1. The van der Waals surface area contributed by atoms with Crippen LogP contribution in [0.2, 0.25) is 0 Å². The number of benzene rings is 2. The Hall–Kier alpha value is -2.36. The predicted molar refractivity (Wildman–Crippen MR) is 117 cm³/mol. The van der Waals surface area contributed by atoms with Gasteiger partial charge >= 0.3 is 0 Å². The summed E-state index contributed by atoms with van der Waals surface area (Å²) in [6.45, 7) is 6.49. The normalized spacial score (nSPS) is 14.7. The van der Waals surface area contributed by atoms with E-state index in [2.05, 4.69) is 89.4 Å². The van der Waals surface area contributed by atoms with Crippen LogP contribution in [-0.4, -0.2) is 43.1 Å². The van der Waals surface area contributed by atoms with E-state index in [9.17, 15) is 0 Å². The molecule has 1 aliphatic rings. The Kier molecular flexibility index (Phi) is 6.15. The van der Waals surface area contributed by atoms with Crippen molar-refractivity contribution in [1.82, 2.24) is 9.88 Å². The third-order valence-electron chi connectivity index (χ3n) is 5.16. The van der Waals surface area contributed by atoms with Crippen LogP contribution in [-0.2, 0) is 0 Å². The molecule has 1 saturated heterocycles. The average Bonchev–Trinajstić information content (AvgIpc) is 2.69. The van der Waals surface area contributed by atoms with E-state index in [4.69, 9.17) is 0 Å². The van der Waals surface area contributed by atoms with Crippen LogP contribution < -0.4 is 4.90 Å². The Labute approximate surface area is 168 Å². The van der Waals surface area contributed by atoms with Gasteiger partial charge in [-0.2, -0.15) is 0 Å². The number of anilines is 1. The molecule has 0 unspecified atom stereocenters. The minimum atomic E-state index is 0. The number of aromatic nitrogens is 1. The van der Waals surface area contributed by atoms with Gasteiger partial charge in [0.15, 0.2) is 0 Å². The number of hydrogen-bond acceptors (Lipinski definition) is 3. The topological polar surface area (TPSA) is 19.4 Å². The predicted octanol–water partition coefficient (Wildman–Crippen LogP) is 4.90. The van der Waals surface area contributed by atoms with Crippen LogP contribution in [0, 0.1) is 6.92 Å². The van der Waals surface area contributed by atoms with Gasteiger partial charge in [0.05, 0.1) is 5.69 Å². The maximum Gasteiger partial charge on any atom is 0.0722 e. The molecule has 0 saturated carbocycles. The zero-order chi connectivity index (χ0) is 17.9. The number of halogens is 1. The Bertz CT molecular complexity index is 884. The molecule has 3 aromatic rings. The van der Waals surface area contributed by atoms with E-state index in [-0.39, 0.29) is 12.4 Å². The first kappa shape index (κ1) is 19.4. The van der Waals surface area contributed by atoms with Gasteiger partial charge in [-0.3, -0.25) is 4.98 Å². The highest BCUT2D eigenvalue weighted by molar-refractivity contribution is 5.85. The van der Waals surface area contributed by atoms with Gasteiger partial charge in [-0.25, -0.2) is 0 Å². The second-order valence-corrected chi connectivity index (χ2v) is 7.14. The van der Waals surface area contributed by atoms with Crippen molar-refractivity contribution >= 4 is 18.1 Å². The molecular weight excluding hydrogens is 354 g/mol. The molecule has 2 heterocycles. The molecule has 1 aliphatic heterocycles. The van der Waals surface area contributed by atoms with E-state index in [1.165, 1.54) is 27.9 Å². The van der Waals surface area contributed by atoms with E-state index in [0.29, 0.717) is 0 Å². The number of rotatable bonds is 3. The largest absolute Gasteiger partial charge is 0.369 e. The summed E-state index contributed by atoms with van der Waals surface area (Å²) >= 11 is 0. The molecule has 0 bridgehead atoms. The molecule has 27 heavy (non-hydrogen) atoms. The Morgan fingerprint density at radius 3 is 2.22 bits per heavy atom. The fourth-order valence-corrected chi connectivity index (χ4v) is 3.44. The summed E-state index contributed by atoms with van der Waals surface area (Å²) in [4.78, 5) is 9.46. The van der Waals surface area contributed by atoms with E-state index in [1.807, 2.05) is 6.20 Å². The van der Waals surface area contributed by atoms with Gasteiger partial charge in [0.25, 0.3) is 0 Å². The zero-order valence-corrected chi connectivity index (χ0v) is 16.7. The van der Waals surface area contributed by atoms with Crippen LogP contribution in [0.25, 0.3) is 22.4 Å². The Balaban J connectivity index is 0.00000210. The van der Waals surface area contributed by atoms with Crippen LogP contribution in [0.5, 0.6) is 0 Å². The van der Waals surface area contributed by atoms with Crippen LogP contribution in [0.15, 0.2) is 66.9 Å². The van der Waals surface area contributed by atoms with Gasteiger partial charge < -0.3 is 9.80 Å². The number of aryl methyl sites for hydroxylation is 1. The van der Waals surface area contributed by atoms with E-state index >= 15 is 0 Å². The quantitative estimate of drug-likeness (QED) is 0.645. The van der Waals surface area contributed by atoms with Gasteiger partial charge in [-0.05, 0) is 43.3 Å². The Morgan fingerprint density at radius 1 is 0.778 bits per heavy atom. The molecule has 4 heteroatoms. The van der Waals surface area contributed by atoms with Crippen molar-refractivity contribution in [3.8, 4) is 22.4 Å². The molecule has 0 spiro atoms. The van der Waals surface area contributed by atoms with Gasteiger partial charge in [-0.1, -0.05) is 48.0 Å². The minimum absolute atomic E-state index is 0. The van der Waals surface area contributed by atoms with Gasteiger partial charge in [0.1, 0.15) is 0 Å². The van der Waals surface area contributed by atoms with Gasteiger partial charge in [0, 0.05) is 43.6 Å². The molecule has 140 valence electrons. The van der Waals surface area contributed by atoms with Crippen molar-refractivity contribution in [3.05, 3.63) is 72.4 Å². The molecule has 0 aliphatic carbocycles. The SMILES string of the molecule is Cc1ccc(-c2cccc(-c3cc(N4CCN(C)CC4)ccn3)c2)cc1.Cl. The van der Waals surface area contributed by atoms with Crippen molar-refractivity contribution in [2.24, 2.45) is 0 Å². The van der Waals surface area contributed by atoms with Crippen LogP contribution in [0.4, 0.5) is 5.69 Å². The second kappa shape index (κ2) is 8.55. The van der Waals surface area contributed by atoms with Crippen molar-refractivity contribution in [3.63, 3.8) is 0 Å². The molecule has 4 rings (SSSR count). The monoisotopic (exact) mass is 379 g/mol. The fourth-order valence-electron chi connectivity index (χ4n) is 3.44. The summed E-state index contributed by atoms with van der Waals surface area (Å²) in [5.74, 6) is 0. The van der Waals surface area contributed by atoms with Crippen molar-refractivity contribution in [2.45, 2.75) is 6.92 Å². The maximum atomic E-state index is 4.63. The second-order valence-electron chi connectivity index (χ2n) is 7.14. The van der Waals surface area contributed by atoms with Crippen LogP contribution in [0.1, 0.15) is 5.56 Å². The summed E-state index contributed by atoms with van der Waals surface area (Å²) in [6.07, 6.45) is 1.93. The first-order chi connectivity index (χ1) is 12.7. The lowest BCUT2D eigenvalue weighted by molar-refractivity contribution is 0.313. The van der Waals surface area contributed by atoms with Gasteiger partial charge in [0.2, 0.25) is 0 Å². The lowest BCUT2D eigenvalue weighted by atomic mass is 10.0. The van der Waals surface area contributed by atoms with E-state index in [0.717, 1.165) is 31.9 Å². The van der Waals surface area contributed by atoms with Crippen molar-refractivity contribution < 1.29 is 0 Å². The number of hydrogen-bond donors (Lipinski definition) is 0. The minimum Gasteiger partial charge on any atom is -0.369 e. The highest BCUT2D eigenvalue weighted by atomic mass is 35.5. The zero-order valence-electron chi connectivity index (χ0n) is 15.9. The highest BCUT2D eigenvalue weighted by Crippen LogP contribution is 2.28. The number of nitrogens with zero attached hydrogens (tertiary/aromatic N) is 3. The molecular formula is C23H26ClN3. The van der Waals surface area contributed by atoms with E-state index in [1.54, 1.807) is 0 Å². The molecule has 0 atom stereocenters. The molecule has 0 radical (unpaired) electrons. The number of likely N-dealkylation sites (N-methyl/N-ethyl adjacent to an activating group) is 1. The van der Waals surface area contributed by atoms with Crippen molar-refractivity contribution in [1.29, 1.82) is 0 Å². The lowest BCUT2D eigenvalue weighted by Gasteiger charge is -2.34. The number of pyridine rings is 1. The summed E-state index contributed by atoms with van der Waals surface area (Å²) in [6, 6.07) is 21.7. The third kappa shape index (κ3) is 4.49. The molecule has 1 fully saturated rings. The highest BCUT2D eigenvalue weighted by Gasteiger charge is 2.15. The summed E-state index contributed by atoms with van der Waals surface area (Å²) in [5.41, 5.74) is 7.23. The maximum absolute atomic E-state index is 4.63. The molecule has 0 N–H and O–H groups in total. The van der Waals surface area contributed by atoms with E-state index < -0.39 is 0 Å². The molecule has 0 amide bonds. The smallest absolute Gasteiger partial charge is 0.0722 e. The lowest BCUT2D eigenvalue weighted by Crippen LogP contribution is -2.44. The van der Waals surface area contributed by atoms with Crippen LogP contribution in [0.3, 0.4) is 0 Å². The summed E-state index contributed by atoms with van der Waals surface area (Å²) in [7, 11) is 2.19. The van der Waals surface area contributed by atoms with Crippen LogP contribution >= 0.6 is 12.4 Å². The average molecular weight is 380 g/mol. The first-order valence-electron chi connectivity index (χ1n) is 9.26. The fraction of sp³-hybridized carbons (Fsp3) is 0.261. The third-order valence-corrected chi connectivity index (χ3v) is 5.16. The molecule has 1 aromatic heterocycles. The summed E-state index contributed by atoms with van der Waals surface area (Å²) < 4.78 is 0. The van der Waals surface area contributed by atoms with Gasteiger partial charge in [-0.15, -0.1) is 12.4 Å². The Morgan fingerprint density at radius 2 is 1.48 bits per heavy atom. The molecule has 3 nitrogen and oxygen atoms in total.